The molecule has 1 saturated heterocycles. The van der Waals surface area contributed by atoms with E-state index in [1.807, 2.05) is 0 Å². The number of nitrogens with one attached hydrogen (secondary N) is 1. The number of hydrogen-bond donors (Lipinski definition) is 2. The minimum absolute atomic E-state index is 0.0446. The maximum Gasteiger partial charge on any atom is 0.251 e. The van der Waals surface area contributed by atoms with Gasteiger partial charge in [0.1, 0.15) is 0 Å². The zero-order valence-corrected chi connectivity index (χ0v) is 10.3. The summed E-state index contributed by atoms with van der Waals surface area (Å²) < 4.78 is 10.7. The molecule has 4 nitrogen and oxygen atoms in total. The predicted molar refractivity (Wildman–Crippen MR) is 66.6 cm³/mol. The lowest BCUT2D eigenvalue weighted by atomic mass is 10.2. The summed E-state index contributed by atoms with van der Waals surface area (Å²) in [7, 11) is 0. The molecule has 1 aromatic rings. The van der Waals surface area contributed by atoms with E-state index in [9.17, 15) is 4.79 Å². The van der Waals surface area contributed by atoms with Crippen molar-refractivity contribution in [1.82, 2.24) is 5.32 Å². The normalized spacial score (nSPS) is 19.9. The third-order valence-corrected chi connectivity index (χ3v) is 2.80. The highest BCUT2D eigenvalue weighted by Gasteiger charge is 2.15. The number of amides is 1. The van der Waals surface area contributed by atoms with E-state index < -0.39 is 0 Å². The van der Waals surface area contributed by atoms with Crippen molar-refractivity contribution in [3.8, 4) is 0 Å². The van der Waals surface area contributed by atoms with E-state index in [0.29, 0.717) is 31.9 Å². The lowest BCUT2D eigenvalue weighted by Gasteiger charge is -2.23. The minimum atomic E-state index is -0.104. The molecule has 1 amide bonds. The van der Waals surface area contributed by atoms with Crippen LogP contribution in [0, 0.1) is 0 Å². The van der Waals surface area contributed by atoms with E-state index in [0.717, 1.165) is 4.90 Å². The number of carbonyl (C=O) groups excluding carboxylic acids is 1. The van der Waals surface area contributed by atoms with Gasteiger partial charge in [-0.15, -0.1) is 12.6 Å². The van der Waals surface area contributed by atoms with Crippen molar-refractivity contribution < 1.29 is 14.3 Å². The Balaban J connectivity index is 1.82. The molecule has 2 rings (SSSR count). The molecule has 0 bridgehead atoms. The molecule has 92 valence electrons. The first-order valence-corrected chi connectivity index (χ1v) is 5.97. The summed E-state index contributed by atoms with van der Waals surface area (Å²) in [6, 6.07) is 7.07. The summed E-state index contributed by atoms with van der Waals surface area (Å²) in [6.07, 6.45) is -0.0446. The summed E-state index contributed by atoms with van der Waals surface area (Å²) in [4.78, 5) is 12.6. The summed E-state index contributed by atoms with van der Waals surface area (Å²) in [6.45, 7) is 2.24. The number of carbonyl (C=O) groups is 1. The van der Waals surface area contributed by atoms with Crippen LogP contribution < -0.4 is 5.32 Å². The molecule has 5 heteroatoms. The zero-order valence-electron chi connectivity index (χ0n) is 9.39. The van der Waals surface area contributed by atoms with E-state index >= 15 is 0 Å². The fourth-order valence-corrected chi connectivity index (χ4v) is 1.72. The van der Waals surface area contributed by atoms with E-state index in [1.54, 1.807) is 24.3 Å². The number of benzene rings is 1. The lowest BCUT2D eigenvalue weighted by molar-refractivity contribution is -0.0855. The Bertz CT molecular complexity index is 374. The maximum absolute atomic E-state index is 11.8. The fraction of sp³-hybridized carbons (Fsp3) is 0.417. The van der Waals surface area contributed by atoms with Crippen molar-refractivity contribution in [2.75, 3.05) is 26.4 Å². The standard InChI is InChI=1S/C12H15NO3S/c14-12(9-1-3-11(17)4-2-9)13-7-10-8-15-5-6-16-10/h1-4,10,17H,5-8H2,(H,13,14). The fourth-order valence-electron chi connectivity index (χ4n) is 1.58. The Labute approximate surface area is 106 Å². The van der Waals surface area contributed by atoms with Gasteiger partial charge in [0, 0.05) is 17.0 Å². The van der Waals surface area contributed by atoms with Gasteiger partial charge in [-0.2, -0.15) is 0 Å². The van der Waals surface area contributed by atoms with Gasteiger partial charge in [-0.3, -0.25) is 4.79 Å². The molecule has 1 aromatic carbocycles. The number of hydrogen-bond acceptors (Lipinski definition) is 4. The lowest BCUT2D eigenvalue weighted by Crippen LogP contribution is -2.39. The van der Waals surface area contributed by atoms with Gasteiger partial charge in [0.05, 0.1) is 25.9 Å². The average molecular weight is 253 g/mol. The SMILES string of the molecule is O=C(NCC1COCCO1)c1ccc(S)cc1. The molecule has 1 fully saturated rings. The Morgan fingerprint density at radius 3 is 2.76 bits per heavy atom. The number of rotatable bonds is 3. The second-order valence-electron chi connectivity index (χ2n) is 3.82. The largest absolute Gasteiger partial charge is 0.376 e. The molecule has 17 heavy (non-hydrogen) atoms. The van der Waals surface area contributed by atoms with Crippen LogP contribution in [0.15, 0.2) is 29.2 Å². The summed E-state index contributed by atoms with van der Waals surface area (Å²) in [5, 5.41) is 2.82. The van der Waals surface area contributed by atoms with Crippen LogP contribution >= 0.6 is 12.6 Å². The van der Waals surface area contributed by atoms with Crippen LogP contribution in [0.3, 0.4) is 0 Å². The molecule has 1 N–H and O–H groups in total. The molecule has 0 radical (unpaired) electrons. The Kier molecular flexibility index (Phi) is 4.42. The molecular formula is C12H15NO3S. The molecular weight excluding hydrogens is 238 g/mol. The first-order valence-electron chi connectivity index (χ1n) is 5.52. The van der Waals surface area contributed by atoms with Crippen molar-refractivity contribution in [3.05, 3.63) is 29.8 Å². The summed E-state index contributed by atoms with van der Waals surface area (Å²) in [5.74, 6) is -0.104. The molecule has 0 aromatic heterocycles. The van der Waals surface area contributed by atoms with Crippen LogP contribution in [0.25, 0.3) is 0 Å². The van der Waals surface area contributed by atoms with Crippen LogP contribution in [0.1, 0.15) is 10.4 Å². The first kappa shape index (κ1) is 12.4. The molecule has 0 aliphatic carbocycles. The maximum atomic E-state index is 11.8. The van der Waals surface area contributed by atoms with Crippen LogP contribution in [-0.2, 0) is 9.47 Å². The van der Waals surface area contributed by atoms with Gasteiger partial charge in [0.2, 0.25) is 0 Å². The molecule has 0 saturated carbocycles. The second kappa shape index (κ2) is 6.05. The van der Waals surface area contributed by atoms with E-state index in [2.05, 4.69) is 17.9 Å². The number of thiol groups is 1. The van der Waals surface area contributed by atoms with Crippen LogP contribution in [0.5, 0.6) is 0 Å². The van der Waals surface area contributed by atoms with Crippen molar-refractivity contribution in [3.63, 3.8) is 0 Å². The highest BCUT2D eigenvalue weighted by Crippen LogP contribution is 2.07. The van der Waals surface area contributed by atoms with Crippen molar-refractivity contribution in [2.45, 2.75) is 11.0 Å². The molecule has 0 spiro atoms. The van der Waals surface area contributed by atoms with Gasteiger partial charge in [-0.1, -0.05) is 0 Å². The number of ether oxygens (including phenoxy) is 2. The second-order valence-corrected chi connectivity index (χ2v) is 4.34. The molecule has 1 aliphatic heterocycles. The van der Waals surface area contributed by atoms with Gasteiger partial charge in [-0.05, 0) is 24.3 Å². The van der Waals surface area contributed by atoms with E-state index in [4.69, 9.17) is 9.47 Å². The molecule has 1 aliphatic rings. The monoisotopic (exact) mass is 253 g/mol. The van der Waals surface area contributed by atoms with Crippen molar-refractivity contribution >= 4 is 18.5 Å². The van der Waals surface area contributed by atoms with Gasteiger partial charge >= 0.3 is 0 Å². The van der Waals surface area contributed by atoms with Gasteiger partial charge < -0.3 is 14.8 Å². The highest BCUT2D eigenvalue weighted by molar-refractivity contribution is 7.80. The zero-order chi connectivity index (χ0) is 12.1. The highest BCUT2D eigenvalue weighted by atomic mass is 32.1. The van der Waals surface area contributed by atoms with Gasteiger partial charge in [-0.25, -0.2) is 0 Å². The Morgan fingerprint density at radius 1 is 1.35 bits per heavy atom. The molecule has 1 unspecified atom stereocenters. The van der Waals surface area contributed by atoms with E-state index in [1.165, 1.54) is 0 Å². The Hall–Kier alpha value is -1.04. The average Bonchev–Trinajstić information content (AvgIpc) is 2.38. The van der Waals surface area contributed by atoms with Crippen LogP contribution in [0.4, 0.5) is 0 Å². The summed E-state index contributed by atoms with van der Waals surface area (Å²) >= 11 is 4.17. The molecule has 1 heterocycles. The smallest absolute Gasteiger partial charge is 0.251 e. The van der Waals surface area contributed by atoms with E-state index in [-0.39, 0.29) is 12.0 Å². The first-order chi connectivity index (χ1) is 8.25. The Morgan fingerprint density at radius 2 is 2.12 bits per heavy atom. The molecule has 1 atom stereocenters. The van der Waals surface area contributed by atoms with Gasteiger partial charge in [0.15, 0.2) is 0 Å². The third kappa shape index (κ3) is 3.73. The topological polar surface area (TPSA) is 47.6 Å². The third-order valence-electron chi connectivity index (χ3n) is 2.50. The van der Waals surface area contributed by atoms with Gasteiger partial charge in [0.25, 0.3) is 5.91 Å². The van der Waals surface area contributed by atoms with Crippen molar-refractivity contribution in [1.29, 1.82) is 0 Å². The van der Waals surface area contributed by atoms with Crippen LogP contribution in [-0.4, -0.2) is 38.4 Å². The predicted octanol–water partition coefficient (Wildman–Crippen LogP) is 1.12. The minimum Gasteiger partial charge on any atom is -0.376 e. The van der Waals surface area contributed by atoms with Crippen LogP contribution in [0.2, 0.25) is 0 Å². The summed E-state index contributed by atoms with van der Waals surface area (Å²) in [5.41, 5.74) is 0.625. The quantitative estimate of drug-likeness (QED) is 0.794. The van der Waals surface area contributed by atoms with Crippen molar-refractivity contribution in [2.24, 2.45) is 0 Å².